The fourth-order valence-electron chi connectivity index (χ4n) is 2.17. The van der Waals surface area contributed by atoms with Crippen LogP contribution in [0.1, 0.15) is 18.1 Å². The first-order valence-corrected chi connectivity index (χ1v) is 6.89. The van der Waals surface area contributed by atoms with Crippen LogP contribution in [-0.2, 0) is 12.8 Å². The molecule has 0 aliphatic rings. The minimum Gasteiger partial charge on any atom is -0.508 e. The lowest BCUT2D eigenvalue weighted by Gasteiger charge is -2.14. The van der Waals surface area contributed by atoms with Crippen molar-refractivity contribution in [2.45, 2.75) is 25.8 Å². The molecule has 0 spiro atoms. The van der Waals surface area contributed by atoms with E-state index in [0.29, 0.717) is 11.8 Å². The van der Waals surface area contributed by atoms with E-state index in [1.165, 1.54) is 17.7 Å². The first-order chi connectivity index (χ1) is 9.63. The van der Waals surface area contributed by atoms with Crippen molar-refractivity contribution in [1.82, 2.24) is 5.32 Å². The number of nitrogens with one attached hydrogen (secondary N) is 1. The maximum absolute atomic E-state index is 12.8. The fraction of sp³-hybridized carbons (Fsp3) is 0.294. The number of rotatable bonds is 6. The standard InChI is InChI=1S/C17H20FNO/c1-13(12-15-4-8-17(20)9-5-15)19-11-10-14-2-6-16(18)7-3-14/h2-9,13,19-20H,10-12H2,1H3. The molecule has 0 heterocycles. The van der Waals surface area contributed by atoms with Gasteiger partial charge in [-0.25, -0.2) is 4.39 Å². The predicted molar refractivity (Wildman–Crippen MR) is 79.4 cm³/mol. The van der Waals surface area contributed by atoms with Gasteiger partial charge in [0.1, 0.15) is 11.6 Å². The van der Waals surface area contributed by atoms with E-state index in [1.807, 2.05) is 24.3 Å². The van der Waals surface area contributed by atoms with Crippen LogP contribution < -0.4 is 5.32 Å². The van der Waals surface area contributed by atoms with Gasteiger partial charge < -0.3 is 10.4 Å². The smallest absolute Gasteiger partial charge is 0.123 e. The molecule has 0 bridgehead atoms. The molecule has 2 aromatic rings. The number of aromatic hydroxyl groups is 1. The molecule has 0 aliphatic heterocycles. The maximum atomic E-state index is 12.8. The molecular weight excluding hydrogens is 253 g/mol. The minimum atomic E-state index is -0.192. The predicted octanol–water partition coefficient (Wildman–Crippen LogP) is 3.29. The number of phenolic OH excluding ortho intramolecular Hbond substituents is 1. The number of hydrogen-bond acceptors (Lipinski definition) is 2. The van der Waals surface area contributed by atoms with Crippen molar-refractivity contribution in [2.75, 3.05) is 6.54 Å². The molecule has 0 fully saturated rings. The van der Waals surface area contributed by atoms with Crippen LogP contribution in [0.2, 0.25) is 0 Å². The summed E-state index contributed by atoms with van der Waals surface area (Å²) < 4.78 is 12.8. The van der Waals surface area contributed by atoms with E-state index in [-0.39, 0.29) is 5.82 Å². The Morgan fingerprint density at radius 3 is 2.25 bits per heavy atom. The van der Waals surface area contributed by atoms with Gasteiger partial charge in [-0.1, -0.05) is 24.3 Å². The Bertz CT molecular complexity index is 522. The van der Waals surface area contributed by atoms with Crippen molar-refractivity contribution in [2.24, 2.45) is 0 Å². The van der Waals surface area contributed by atoms with Crippen LogP contribution in [-0.4, -0.2) is 17.7 Å². The summed E-state index contributed by atoms with van der Waals surface area (Å²) in [4.78, 5) is 0. The molecular formula is C17H20FNO. The van der Waals surface area contributed by atoms with Gasteiger partial charge in [0.25, 0.3) is 0 Å². The van der Waals surface area contributed by atoms with Gasteiger partial charge in [0.2, 0.25) is 0 Å². The number of halogens is 1. The zero-order valence-electron chi connectivity index (χ0n) is 11.6. The molecule has 2 N–H and O–H groups in total. The average Bonchev–Trinajstić information content (AvgIpc) is 2.44. The molecule has 0 aliphatic carbocycles. The van der Waals surface area contributed by atoms with E-state index in [0.717, 1.165) is 24.9 Å². The lowest BCUT2D eigenvalue weighted by Crippen LogP contribution is -2.29. The molecule has 1 atom stereocenters. The lowest BCUT2D eigenvalue weighted by molar-refractivity contribution is 0.474. The molecule has 106 valence electrons. The summed E-state index contributed by atoms with van der Waals surface area (Å²) in [5, 5.41) is 12.7. The van der Waals surface area contributed by atoms with Crippen molar-refractivity contribution in [3.8, 4) is 5.75 Å². The molecule has 2 aromatic carbocycles. The first-order valence-electron chi connectivity index (χ1n) is 6.89. The Hall–Kier alpha value is -1.87. The van der Waals surface area contributed by atoms with Crippen LogP contribution in [0, 0.1) is 5.82 Å². The normalized spacial score (nSPS) is 12.3. The van der Waals surface area contributed by atoms with Crippen molar-refractivity contribution >= 4 is 0 Å². The van der Waals surface area contributed by atoms with Gasteiger partial charge >= 0.3 is 0 Å². The zero-order chi connectivity index (χ0) is 14.4. The van der Waals surface area contributed by atoms with E-state index in [4.69, 9.17) is 0 Å². The molecule has 0 amide bonds. The third kappa shape index (κ3) is 4.67. The monoisotopic (exact) mass is 273 g/mol. The second-order valence-corrected chi connectivity index (χ2v) is 5.10. The van der Waals surface area contributed by atoms with E-state index >= 15 is 0 Å². The lowest BCUT2D eigenvalue weighted by atomic mass is 10.1. The molecule has 1 unspecified atom stereocenters. The van der Waals surface area contributed by atoms with Gasteiger partial charge in [0.15, 0.2) is 0 Å². The van der Waals surface area contributed by atoms with Crippen LogP contribution in [0.4, 0.5) is 4.39 Å². The minimum absolute atomic E-state index is 0.192. The summed E-state index contributed by atoms with van der Waals surface area (Å²) in [7, 11) is 0. The first kappa shape index (κ1) is 14.5. The zero-order valence-corrected chi connectivity index (χ0v) is 11.6. The van der Waals surface area contributed by atoms with E-state index in [9.17, 15) is 9.50 Å². The Kier molecular flexibility index (Phi) is 5.13. The van der Waals surface area contributed by atoms with Gasteiger partial charge in [-0.2, -0.15) is 0 Å². The third-order valence-electron chi connectivity index (χ3n) is 3.30. The van der Waals surface area contributed by atoms with E-state index < -0.39 is 0 Å². The third-order valence-corrected chi connectivity index (χ3v) is 3.30. The largest absolute Gasteiger partial charge is 0.508 e. The van der Waals surface area contributed by atoms with Crippen molar-refractivity contribution < 1.29 is 9.50 Å². The van der Waals surface area contributed by atoms with Gasteiger partial charge in [0, 0.05) is 6.04 Å². The molecule has 20 heavy (non-hydrogen) atoms. The van der Waals surface area contributed by atoms with Gasteiger partial charge in [-0.3, -0.25) is 0 Å². The molecule has 0 saturated carbocycles. The van der Waals surface area contributed by atoms with Crippen LogP contribution in [0.15, 0.2) is 48.5 Å². The summed E-state index contributed by atoms with van der Waals surface area (Å²) in [6, 6.07) is 14.3. The summed E-state index contributed by atoms with van der Waals surface area (Å²) >= 11 is 0. The highest BCUT2D eigenvalue weighted by atomic mass is 19.1. The van der Waals surface area contributed by atoms with Crippen LogP contribution in [0.5, 0.6) is 5.75 Å². The van der Waals surface area contributed by atoms with Crippen LogP contribution >= 0.6 is 0 Å². The Morgan fingerprint density at radius 1 is 1.00 bits per heavy atom. The quantitative estimate of drug-likeness (QED) is 0.846. The van der Waals surface area contributed by atoms with Crippen molar-refractivity contribution in [3.05, 3.63) is 65.5 Å². The Balaban J connectivity index is 1.73. The molecule has 2 rings (SSSR count). The van der Waals surface area contributed by atoms with Gasteiger partial charge in [0.05, 0.1) is 0 Å². The summed E-state index contributed by atoms with van der Waals surface area (Å²) in [6.45, 7) is 3.00. The molecule has 2 nitrogen and oxygen atoms in total. The highest BCUT2D eigenvalue weighted by Gasteiger charge is 2.03. The topological polar surface area (TPSA) is 32.3 Å². The van der Waals surface area contributed by atoms with Crippen molar-refractivity contribution in [3.63, 3.8) is 0 Å². The van der Waals surface area contributed by atoms with E-state index in [1.54, 1.807) is 12.1 Å². The van der Waals surface area contributed by atoms with Crippen molar-refractivity contribution in [1.29, 1.82) is 0 Å². The number of phenols is 1. The number of hydrogen-bond donors (Lipinski definition) is 2. The Labute approximate surface area is 119 Å². The molecule has 3 heteroatoms. The number of benzene rings is 2. The van der Waals surface area contributed by atoms with Crippen LogP contribution in [0.3, 0.4) is 0 Å². The molecule has 0 saturated heterocycles. The molecule has 0 radical (unpaired) electrons. The highest BCUT2D eigenvalue weighted by Crippen LogP contribution is 2.11. The highest BCUT2D eigenvalue weighted by molar-refractivity contribution is 5.26. The fourth-order valence-corrected chi connectivity index (χ4v) is 2.17. The summed E-state index contributed by atoms with van der Waals surface area (Å²) in [5.41, 5.74) is 2.33. The van der Waals surface area contributed by atoms with Gasteiger partial charge in [-0.15, -0.1) is 0 Å². The maximum Gasteiger partial charge on any atom is 0.123 e. The summed E-state index contributed by atoms with van der Waals surface area (Å²) in [5.74, 6) is 0.105. The summed E-state index contributed by atoms with van der Waals surface area (Å²) in [6.07, 6.45) is 1.81. The second kappa shape index (κ2) is 7.06. The molecule has 0 aromatic heterocycles. The van der Waals surface area contributed by atoms with Gasteiger partial charge in [-0.05, 0) is 61.7 Å². The van der Waals surface area contributed by atoms with Crippen LogP contribution in [0.25, 0.3) is 0 Å². The average molecular weight is 273 g/mol. The Morgan fingerprint density at radius 2 is 1.60 bits per heavy atom. The van der Waals surface area contributed by atoms with E-state index in [2.05, 4.69) is 12.2 Å². The second-order valence-electron chi connectivity index (χ2n) is 5.10. The SMILES string of the molecule is CC(Cc1ccc(O)cc1)NCCc1ccc(F)cc1.